The van der Waals surface area contributed by atoms with E-state index in [1.165, 1.54) is 9.80 Å². The number of urea groups is 1. The molecule has 2 aromatic rings. The van der Waals surface area contributed by atoms with E-state index in [1.807, 2.05) is 6.07 Å². The number of aromatic nitrogens is 3. The van der Waals surface area contributed by atoms with Gasteiger partial charge in [0.25, 0.3) is 0 Å². The van der Waals surface area contributed by atoms with E-state index in [2.05, 4.69) is 15.4 Å². The van der Waals surface area contributed by atoms with Gasteiger partial charge in [0, 0.05) is 33.2 Å². The van der Waals surface area contributed by atoms with Crippen molar-refractivity contribution < 1.29 is 4.79 Å². The van der Waals surface area contributed by atoms with Gasteiger partial charge in [-0.05, 0) is 18.2 Å². The Balaban J connectivity index is 0.000000187. The van der Waals surface area contributed by atoms with Crippen molar-refractivity contribution >= 4 is 28.7 Å². The number of nitrogens with one attached hydrogen (secondary N) is 1. The fourth-order valence-electron chi connectivity index (χ4n) is 1.21. The van der Waals surface area contributed by atoms with Crippen LogP contribution in [0, 0.1) is 0 Å². The van der Waals surface area contributed by atoms with E-state index in [0.29, 0.717) is 5.02 Å². The number of amides is 2. The van der Waals surface area contributed by atoms with Crippen molar-refractivity contribution in [1.82, 2.24) is 25.2 Å². The second-order valence-electron chi connectivity index (χ2n) is 4.03. The van der Waals surface area contributed by atoms with E-state index in [0.717, 1.165) is 11.0 Å². The second-order valence-corrected chi connectivity index (χ2v) is 4.46. The quantitative estimate of drug-likeness (QED) is 0.794. The van der Waals surface area contributed by atoms with Gasteiger partial charge >= 0.3 is 6.03 Å². The molecule has 0 aliphatic rings. The highest BCUT2D eigenvalue weighted by Crippen LogP contribution is 2.13. The molecule has 1 aromatic heterocycles. The van der Waals surface area contributed by atoms with Crippen molar-refractivity contribution in [3.05, 3.63) is 23.2 Å². The number of carbonyl (C=O) groups is 1. The third kappa shape index (κ3) is 3.89. The van der Waals surface area contributed by atoms with E-state index in [-0.39, 0.29) is 6.03 Å². The number of fused-ring (bicyclic) bond motifs is 1. The molecule has 0 saturated carbocycles. The van der Waals surface area contributed by atoms with Gasteiger partial charge in [-0.1, -0.05) is 11.6 Å². The van der Waals surface area contributed by atoms with Gasteiger partial charge in [0.05, 0.1) is 0 Å². The first-order valence-corrected chi connectivity index (χ1v) is 5.64. The van der Waals surface area contributed by atoms with Crippen LogP contribution in [0.15, 0.2) is 18.2 Å². The van der Waals surface area contributed by atoms with Crippen LogP contribution in [0.2, 0.25) is 5.02 Å². The Bertz CT molecular complexity index is 513. The Morgan fingerprint density at radius 3 is 2.17 bits per heavy atom. The van der Waals surface area contributed by atoms with E-state index < -0.39 is 0 Å². The number of halogens is 1. The Labute approximate surface area is 111 Å². The molecule has 98 valence electrons. The lowest BCUT2D eigenvalue weighted by molar-refractivity contribution is 0.191. The lowest BCUT2D eigenvalue weighted by atomic mass is 10.3. The summed E-state index contributed by atoms with van der Waals surface area (Å²) in [5.41, 5.74) is 1.64. The molecule has 0 bridgehead atoms. The molecule has 1 heterocycles. The van der Waals surface area contributed by atoms with Crippen LogP contribution in [0.3, 0.4) is 0 Å². The first-order chi connectivity index (χ1) is 8.41. The van der Waals surface area contributed by atoms with Crippen molar-refractivity contribution in [2.45, 2.75) is 0 Å². The van der Waals surface area contributed by atoms with Crippen molar-refractivity contribution in [2.75, 3.05) is 28.2 Å². The molecular formula is C11H16ClN5O. The molecule has 2 rings (SSSR count). The first-order valence-electron chi connectivity index (χ1n) is 5.26. The predicted molar refractivity (Wildman–Crippen MR) is 71.7 cm³/mol. The lowest BCUT2D eigenvalue weighted by Gasteiger charge is -2.16. The number of nitrogens with zero attached hydrogens (tertiary/aromatic N) is 4. The Kier molecular flexibility index (Phi) is 4.91. The highest BCUT2D eigenvalue weighted by molar-refractivity contribution is 6.31. The Morgan fingerprint density at radius 1 is 1.11 bits per heavy atom. The summed E-state index contributed by atoms with van der Waals surface area (Å²) < 4.78 is 0. The topological polar surface area (TPSA) is 65.1 Å². The highest BCUT2D eigenvalue weighted by atomic mass is 35.5. The number of rotatable bonds is 0. The number of hydrogen-bond acceptors (Lipinski definition) is 3. The Morgan fingerprint density at radius 2 is 1.67 bits per heavy atom. The first kappa shape index (κ1) is 14.2. The van der Waals surface area contributed by atoms with E-state index in [9.17, 15) is 4.79 Å². The minimum Gasteiger partial charge on any atom is -0.331 e. The van der Waals surface area contributed by atoms with Crippen molar-refractivity contribution in [3.63, 3.8) is 0 Å². The van der Waals surface area contributed by atoms with Crippen molar-refractivity contribution in [2.24, 2.45) is 0 Å². The normalized spacial score (nSPS) is 9.61. The maximum absolute atomic E-state index is 10.7. The number of aromatic amines is 1. The molecule has 0 unspecified atom stereocenters. The number of carbonyl (C=O) groups excluding carboxylic acids is 1. The molecule has 18 heavy (non-hydrogen) atoms. The van der Waals surface area contributed by atoms with Gasteiger partial charge < -0.3 is 9.80 Å². The largest absolute Gasteiger partial charge is 0.331 e. The van der Waals surface area contributed by atoms with Crippen LogP contribution < -0.4 is 0 Å². The van der Waals surface area contributed by atoms with Crippen LogP contribution >= 0.6 is 11.6 Å². The second kappa shape index (κ2) is 6.20. The van der Waals surface area contributed by atoms with Gasteiger partial charge in [-0.15, -0.1) is 0 Å². The Hall–Kier alpha value is -1.82. The molecule has 6 nitrogen and oxygen atoms in total. The summed E-state index contributed by atoms with van der Waals surface area (Å²) in [4.78, 5) is 13.8. The number of benzene rings is 1. The van der Waals surface area contributed by atoms with Gasteiger partial charge in [0.1, 0.15) is 11.0 Å². The molecule has 0 saturated heterocycles. The fourth-order valence-corrected chi connectivity index (χ4v) is 1.38. The molecule has 2 amide bonds. The van der Waals surface area contributed by atoms with E-state index in [4.69, 9.17) is 11.6 Å². The third-order valence-corrected chi connectivity index (χ3v) is 2.28. The van der Waals surface area contributed by atoms with Crippen LogP contribution in [0.4, 0.5) is 4.79 Å². The number of H-pyrrole nitrogens is 1. The molecule has 0 atom stereocenters. The average Bonchev–Trinajstić information content (AvgIpc) is 2.75. The zero-order chi connectivity index (χ0) is 13.7. The molecular weight excluding hydrogens is 254 g/mol. The number of hydrogen-bond donors (Lipinski definition) is 1. The summed E-state index contributed by atoms with van der Waals surface area (Å²) in [5, 5.41) is 10.9. The molecule has 0 aliphatic heterocycles. The predicted octanol–water partition coefficient (Wildman–Crippen LogP) is 1.84. The molecule has 1 N–H and O–H groups in total. The summed E-state index contributed by atoms with van der Waals surface area (Å²) in [5.74, 6) is 0. The average molecular weight is 270 g/mol. The summed E-state index contributed by atoms with van der Waals surface area (Å²) in [6.07, 6.45) is 0. The van der Waals surface area contributed by atoms with Crippen LogP contribution in [-0.2, 0) is 0 Å². The molecule has 1 aromatic carbocycles. The minimum atomic E-state index is 0.0185. The van der Waals surface area contributed by atoms with Crippen molar-refractivity contribution in [3.8, 4) is 0 Å². The molecule has 0 spiro atoms. The van der Waals surface area contributed by atoms with E-state index in [1.54, 1.807) is 40.3 Å². The molecule has 7 heteroatoms. The van der Waals surface area contributed by atoms with Gasteiger partial charge in [-0.3, -0.25) is 0 Å². The summed E-state index contributed by atoms with van der Waals surface area (Å²) >= 11 is 5.69. The molecule has 0 fully saturated rings. The maximum Gasteiger partial charge on any atom is 0.318 e. The van der Waals surface area contributed by atoms with Crippen LogP contribution in [-0.4, -0.2) is 59.4 Å². The zero-order valence-electron chi connectivity index (χ0n) is 10.8. The maximum atomic E-state index is 10.7. The molecule has 0 aliphatic carbocycles. The van der Waals surface area contributed by atoms with Gasteiger partial charge in [-0.2, -0.15) is 15.4 Å². The SMILES string of the molecule is CN(C)C(=O)N(C)C.Clc1ccc2n[nH]nc2c1. The van der Waals surface area contributed by atoms with Crippen LogP contribution in [0.5, 0.6) is 0 Å². The fraction of sp³-hybridized carbons (Fsp3) is 0.364. The summed E-state index contributed by atoms with van der Waals surface area (Å²) in [6, 6.07) is 5.39. The van der Waals surface area contributed by atoms with E-state index >= 15 is 0 Å². The van der Waals surface area contributed by atoms with Gasteiger partial charge in [-0.25, -0.2) is 4.79 Å². The molecule has 0 radical (unpaired) electrons. The monoisotopic (exact) mass is 269 g/mol. The van der Waals surface area contributed by atoms with Crippen LogP contribution in [0.25, 0.3) is 11.0 Å². The van der Waals surface area contributed by atoms with Gasteiger partial charge in [0.15, 0.2) is 0 Å². The summed E-state index contributed by atoms with van der Waals surface area (Å²) in [7, 11) is 6.90. The minimum absolute atomic E-state index is 0.0185. The summed E-state index contributed by atoms with van der Waals surface area (Å²) in [6.45, 7) is 0. The standard InChI is InChI=1S/C6H4ClN3.C5H12N2O/c7-4-1-2-5-6(3-4)9-10-8-5;1-6(2)5(8)7(3)4/h1-3H,(H,8,9,10);1-4H3. The highest BCUT2D eigenvalue weighted by Gasteiger charge is 2.02. The van der Waals surface area contributed by atoms with Crippen molar-refractivity contribution in [1.29, 1.82) is 0 Å². The smallest absolute Gasteiger partial charge is 0.318 e. The zero-order valence-corrected chi connectivity index (χ0v) is 11.6. The third-order valence-electron chi connectivity index (χ3n) is 2.04. The lowest BCUT2D eigenvalue weighted by Crippen LogP contribution is -2.33. The van der Waals surface area contributed by atoms with Gasteiger partial charge in [0.2, 0.25) is 0 Å². The van der Waals surface area contributed by atoms with Crippen LogP contribution in [0.1, 0.15) is 0 Å².